The lowest BCUT2D eigenvalue weighted by molar-refractivity contribution is 0.0637. The zero-order valence-corrected chi connectivity index (χ0v) is 19.0. The second-order valence-corrected chi connectivity index (χ2v) is 8.66. The first-order valence-electron chi connectivity index (χ1n) is 11.2. The summed E-state index contributed by atoms with van der Waals surface area (Å²) in [5.41, 5.74) is 1.94. The number of pyridine rings is 1. The summed E-state index contributed by atoms with van der Waals surface area (Å²) in [5, 5.41) is 8.21. The Labute approximate surface area is 197 Å². The number of hydrogen-bond acceptors (Lipinski definition) is 5. The molecule has 3 aromatic rings. The summed E-state index contributed by atoms with van der Waals surface area (Å²) in [6.07, 6.45) is 1.68. The highest BCUT2D eigenvalue weighted by Crippen LogP contribution is 2.27. The van der Waals surface area contributed by atoms with E-state index in [0.29, 0.717) is 49.1 Å². The molecule has 0 unspecified atom stereocenters. The van der Waals surface area contributed by atoms with Crippen molar-refractivity contribution in [3.63, 3.8) is 0 Å². The van der Waals surface area contributed by atoms with Gasteiger partial charge in [-0.2, -0.15) is 0 Å². The smallest absolute Gasteiger partial charge is 0.323 e. The van der Waals surface area contributed by atoms with Crippen LogP contribution in [0.4, 0.5) is 16.3 Å². The van der Waals surface area contributed by atoms with Gasteiger partial charge in [0.05, 0.1) is 13.1 Å². The van der Waals surface area contributed by atoms with Crippen LogP contribution in [0, 0.1) is 6.57 Å². The summed E-state index contributed by atoms with van der Waals surface area (Å²) in [6.45, 7) is 13.1. The predicted molar refractivity (Wildman–Crippen MR) is 126 cm³/mol. The van der Waals surface area contributed by atoms with E-state index in [1.807, 2.05) is 36.6 Å². The van der Waals surface area contributed by atoms with Gasteiger partial charge in [0.15, 0.2) is 5.82 Å². The molecule has 0 aliphatic carbocycles. The standard InChI is InChI=1S/C24H24N8O2/c1-16(2)32-15-26-28-22(32)20-5-4-6-21(27-20)31-12-11-30(24(31)34)19-9-7-17(8-10-19)23(33)29-13-18(14-29)25-3/h4-10,15-16,18H,11-14H2,1-2H3. The van der Waals surface area contributed by atoms with Crippen LogP contribution >= 0.6 is 0 Å². The Morgan fingerprint density at radius 3 is 2.53 bits per heavy atom. The first-order chi connectivity index (χ1) is 16.5. The minimum absolute atomic E-state index is 0.0870. The van der Waals surface area contributed by atoms with Gasteiger partial charge in [-0.1, -0.05) is 6.07 Å². The fraction of sp³-hybridized carbons (Fsp3) is 0.333. The van der Waals surface area contributed by atoms with Crippen molar-refractivity contribution in [3.05, 3.63) is 65.8 Å². The Bertz CT molecular complexity index is 1270. The summed E-state index contributed by atoms with van der Waals surface area (Å²) in [6, 6.07) is 12.5. The zero-order chi connectivity index (χ0) is 23.8. The molecule has 172 valence electrons. The van der Waals surface area contributed by atoms with Crippen molar-refractivity contribution < 1.29 is 9.59 Å². The molecule has 10 heteroatoms. The Hall–Kier alpha value is -4.26. The second kappa shape index (κ2) is 8.59. The van der Waals surface area contributed by atoms with Gasteiger partial charge in [0.1, 0.15) is 17.8 Å². The molecule has 3 amide bonds. The van der Waals surface area contributed by atoms with E-state index in [9.17, 15) is 9.59 Å². The first kappa shape index (κ1) is 21.6. The number of carbonyl (C=O) groups is 2. The highest BCUT2D eigenvalue weighted by Gasteiger charge is 2.36. The van der Waals surface area contributed by atoms with E-state index in [1.54, 1.807) is 45.3 Å². The Morgan fingerprint density at radius 1 is 1.09 bits per heavy atom. The number of nitrogens with zero attached hydrogens (tertiary/aromatic N) is 8. The van der Waals surface area contributed by atoms with Crippen LogP contribution in [0.15, 0.2) is 48.8 Å². The molecule has 10 nitrogen and oxygen atoms in total. The molecule has 5 rings (SSSR count). The summed E-state index contributed by atoms with van der Waals surface area (Å²) < 4.78 is 1.94. The first-order valence-corrected chi connectivity index (χ1v) is 11.2. The van der Waals surface area contributed by atoms with Gasteiger partial charge in [0.2, 0.25) is 0 Å². The third-order valence-corrected chi connectivity index (χ3v) is 6.14. The maximum atomic E-state index is 13.2. The highest BCUT2D eigenvalue weighted by molar-refractivity contribution is 6.06. The molecule has 2 aliphatic rings. The zero-order valence-electron chi connectivity index (χ0n) is 19.0. The molecule has 0 bridgehead atoms. The second-order valence-electron chi connectivity index (χ2n) is 8.66. The SMILES string of the molecule is [C-]#[N+]C1CN(C(=O)c2ccc(N3CCN(c4cccc(-c5nncn5C(C)C)n4)C3=O)cc2)C1. The molecule has 2 aromatic heterocycles. The van der Waals surface area contributed by atoms with Gasteiger partial charge in [-0.05, 0) is 50.2 Å². The number of likely N-dealkylation sites (tertiary alicyclic amines) is 1. The summed E-state index contributed by atoms with van der Waals surface area (Å²) >= 11 is 0. The van der Waals surface area contributed by atoms with Crippen molar-refractivity contribution in [2.45, 2.75) is 25.9 Å². The van der Waals surface area contributed by atoms with E-state index in [-0.39, 0.29) is 24.0 Å². The third kappa shape index (κ3) is 3.75. The lowest BCUT2D eigenvalue weighted by Crippen LogP contribution is -2.52. The van der Waals surface area contributed by atoms with Crippen LogP contribution in [0.1, 0.15) is 30.2 Å². The van der Waals surface area contributed by atoms with Gasteiger partial charge in [-0.3, -0.25) is 14.6 Å². The van der Waals surface area contributed by atoms with Gasteiger partial charge < -0.3 is 14.3 Å². The molecular weight excluding hydrogens is 432 g/mol. The molecule has 0 atom stereocenters. The number of hydrogen-bond donors (Lipinski definition) is 0. The number of urea groups is 1. The van der Waals surface area contributed by atoms with Crippen molar-refractivity contribution in [1.82, 2.24) is 24.6 Å². The fourth-order valence-electron chi connectivity index (χ4n) is 4.16. The van der Waals surface area contributed by atoms with Gasteiger partial charge in [-0.25, -0.2) is 16.4 Å². The van der Waals surface area contributed by atoms with Crippen molar-refractivity contribution in [2.75, 3.05) is 36.0 Å². The molecule has 0 N–H and O–H groups in total. The number of carbonyl (C=O) groups excluding carboxylic acids is 2. The van der Waals surface area contributed by atoms with Crippen molar-refractivity contribution in [3.8, 4) is 11.5 Å². The number of rotatable bonds is 5. The molecule has 0 radical (unpaired) electrons. The molecule has 2 aliphatic heterocycles. The van der Waals surface area contributed by atoms with Crippen LogP contribution in [-0.2, 0) is 0 Å². The van der Waals surface area contributed by atoms with Gasteiger partial charge >= 0.3 is 6.03 Å². The van der Waals surface area contributed by atoms with Crippen LogP contribution in [0.5, 0.6) is 0 Å². The Kier molecular flexibility index (Phi) is 5.45. The molecule has 34 heavy (non-hydrogen) atoms. The normalized spacial score (nSPS) is 16.2. The minimum Gasteiger partial charge on any atom is -0.323 e. The molecule has 1 aromatic carbocycles. The lowest BCUT2D eigenvalue weighted by atomic mass is 10.1. The monoisotopic (exact) mass is 456 g/mol. The molecular formula is C24H24N8O2. The molecule has 2 fully saturated rings. The molecule has 2 saturated heterocycles. The van der Waals surface area contributed by atoms with E-state index < -0.39 is 0 Å². The lowest BCUT2D eigenvalue weighted by Gasteiger charge is -2.31. The van der Waals surface area contributed by atoms with E-state index >= 15 is 0 Å². The topological polar surface area (TPSA) is 91.8 Å². The number of aromatic nitrogens is 4. The minimum atomic E-state index is -0.170. The molecule has 0 spiro atoms. The van der Waals surface area contributed by atoms with Gasteiger partial charge in [0, 0.05) is 30.4 Å². The van der Waals surface area contributed by atoms with E-state index in [1.165, 1.54) is 0 Å². The average molecular weight is 457 g/mol. The maximum Gasteiger partial charge on any atom is 0.330 e. The average Bonchev–Trinajstić information content (AvgIpc) is 3.46. The maximum absolute atomic E-state index is 13.2. The number of anilines is 2. The van der Waals surface area contributed by atoms with Gasteiger partial charge in [0.25, 0.3) is 11.9 Å². The summed E-state index contributed by atoms with van der Waals surface area (Å²) in [4.78, 5) is 38.9. The largest absolute Gasteiger partial charge is 0.330 e. The van der Waals surface area contributed by atoms with Crippen LogP contribution < -0.4 is 9.80 Å². The molecule has 0 saturated carbocycles. The fourth-order valence-corrected chi connectivity index (χ4v) is 4.16. The number of amides is 3. The highest BCUT2D eigenvalue weighted by atomic mass is 16.2. The summed E-state index contributed by atoms with van der Waals surface area (Å²) in [5.74, 6) is 1.13. The van der Waals surface area contributed by atoms with Crippen LogP contribution in [0.3, 0.4) is 0 Å². The van der Waals surface area contributed by atoms with Crippen molar-refractivity contribution in [1.29, 1.82) is 0 Å². The molecule has 4 heterocycles. The van der Waals surface area contributed by atoms with Crippen molar-refractivity contribution in [2.24, 2.45) is 0 Å². The quantitative estimate of drug-likeness (QED) is 0.550. The van der Waals surface area contributed by atoms with E-state index in [0.717, 1.165) is 5.69 Å². The Balaban J connectivity index is 1.31. The van der Waals surface area contributed by atoms with Crippen molar-refractivity contribution >= 4 is 23.4 Å². The number of benzene rings is 1. The van der Waals surface area contributed by atoms with Crippen LogP contribution in [0.25, 0.3) is 16.4 Å². The van der Waals surface area contributed by atoms with E-state index in [2.05, 4.69) is 20.0 Å². The van der Waals surface area contributed by atoms with Crippen LogP contribution in [0.2, 0.25) is 0 Å². The third-order valence-electron chi connectivity index (χ3n) is 6.14. The summed E-state index contributed by atoms with van der Waals surface area (Å²) in [7, 11) is 0. The van der Waals surface area contributed by atoms with Gasteiger partial charge in [-0.15, -0.1) is 10.2 Å². The van der Waals surface area contributed by atoms with E-state index in [4.69, 9.17) is 6.57 Å². The Morgan fingerprint density at radius 2 is 1.82 bits per heavy atom. The van der Waals surface area contributed by atoms with Crippen LogP contribution in [-0.4, -0.2) is 68.8 Å². The predicted octanol–water partition coefficient (Wildman–Crippen LogP) is 3.11.